The Balaban J connectivity index is 3.02. The number of benzene rings is 1. The summed E-state index contributed by atoms with van der Waals surface area (Å²) in [5.41, 5.74) is 11.9. The van der Waals surface area contributed by atoms with Crippen molar-refractivity contribution in [1.29, 1.82) is 0 Å². The van der Waals surface area contributed by atoms with Crippen molar-refractivity contribution < 1.29 is 14.6 Å². The van der Waals surface area contributed by atoms with E-state index in [1.807, 2.05) is 0 Å². The Morgan fingerprint density at radius 1 is 1.56 bits per heavy atom. The summed E-state index contributed by atoms with van der Waals surface area (Å²) in [6, 6.07) is 3.91. The Labute approximate surface area is 94.0 Å². The highest BCUT2D eigenvalue weighted by Crippen LogP contribution is 2.23. The van der Waals surface area contributed by atoms with Crippen molar-refractivity contribution in [2.45, 2.75) is 13.0 Å². The molecule has 0 saturated carbocycles. The van der Waals surface area contributed by atoms with E-state index in [2.05, 4.69) is 0 Å². The number of nitrogens with two attached hydrogens (primary N) is 2. The summed E-state index contributed by atoms with van der Waals surface area (Å²) >= 11 is 0. The number of carbonyl (C=O) groups is 1. The number of hydrogen-bond donors (Lipinski definition) is 3. The number of ether oxygens (including phenoxy) is 1. The lowest BCUT2D eigenvalue weighted by Crippen LogP contribution is -2.21. The van der Waals surface area contributed by atoms with Crippen LogP contribution in [-0.4, -0.2) is 24.2 Å². The van der Waals surface area contributed by atoms with Gasteiger partial charge >= 0.3 is 5.97 Å². The van der Waals surface area contributed by atoms with Gasteiger partial charge in [-0.2, -0.15) is 0 Å². The molecule has 88 valence electrons. The number of phenolic OH excluding ortho intramolecular Hbond substituents is 1. The molecule has 5 nitrogen and oxygen atoms in total. The molecule has 1 aromatic carbocycles. The van der Waals surface area contributed by atoms with Crippen LogP contribution in [0.4, 0.5) is 0 Å². The van der Waals surface area contributed by atoms with Crippen LogP contribution in [0.5, 0.6) is 5.75 Å². The van der Waals surface area contributed by atoms with Crippen molar-refractivity contribution in [3.63, 3.8) is 0 Å². The Bertz CT molecular complexity index is 379. The molecule has 0 radical (unpaired) electrons. The van der Waals surface area contributed by atoms with E-state index in [1.54, 1.807) is 6.92 Å². The number of esters is 1. The zero-order chi connectivity index (χ0) is 12.1. The van der Waals surface area contributed by atoms with E-state index in [0.717, 1.165) is 0 Å². The summed E-state index contributed by atoms with van der Waals surface area (Å²) in [5, 5.41) is 9.56. The largest absolute Gasteiger partial charge is 0.508 e. The Kier molecular flexibility index (Phi) is 4.28. The fourth-order valence-corrected chi connectivity index (χ4v) is 1.32. The van der Waals surface area contributed by atoms with E-state index in [4.69, 9.17) is 16.2 Å². The van der Waals surface area contributed by atoms with Crippen molar-refractivity contribution in [3.05, 3.63) is 29.3 Å². The molecular formula is C11H16N2O3. The third kappa shape index (κ3) is 2.71. The quantitative estimate of drug-likeness (QED) is 0.648. The molecule has 1 atom stereocenters. The van der Waals surface area contributed by atoms with Crippen molar-refractivity contribution in [2.24, 2.45) is 11.5 Å². The number of rotatable bonds is 4. The first-order valence-corrected chi connectivity index (χ1v) is 5.05. The highest BCUT2D eigenvalue weighted by Gasteiger charge is 2.13. The Hall–Kier alpha value is -1.59. The lowest BCUT2D eigenvalue weighted by Gasteiger charge is -2.12. The van der Waals surface area contributed by atoms with Crippen LogP contribution in [0.25, 0.3) is 0 Å². The average Bonchev–Trinajstić information content (AvgIpc) is 2.29. The second-order valence-corrected chi connectivity index (χ2v) is 3.34. The van der Waals surface area contributed by atoms with Gasteiger partial charge in [-0.1, -0.05) is 0 Å². The van der Waals surface area contributed by atoms with Gasteiger partial charge in [0, 0.05) is 18.2 Å². The molecule has 0 aromatic heterocycles. The lowest BCUT2D eigenvalue weighted by molar-refractivity contribution is 0.0526. The first kappa shape index (κ1) is 12.5. The van der Waals surface area contributed by atoms with Crippen LogP contribution in [-0.2, 0) is 4.74 Å². The van der Waals surface area contributed by atoms with Gasteiger partial charge in [-0.05, 0) is 25.1 Å². The molecule has 5 N–H and O–H groups in total. The summed E-state index contributed by atoms with van der Waals surface area (Å²) < 4.78 is 4.84. The molecule has 1 aromatic rings. The maximum atomic E-state index is 11.4. The molecule has 0 aliphatic carbocycles. The minimum Gasteiger partial charge on any atom is -0.508 e. The van der Waals surface area contributed by atoms with Crippen molar-refractivity contribution in [2.75, 3.05) is 13.2 Å². The number of aromatic hydroxyl groups is 1. The van der Waals surface area contributed by atoms with Crippen LogP contribution in [0.2, 0.25) is 0 Å². The predicted octanol–water partition coefficient (Wildman–Crippen LogP) is 0.527. The molecule has 0 aliphatic rings. The summed E-state index contributed by atoms with van der Waals surface area (Å²) in [6.07, 6.45) is 0. The van der Waals surface area contributed by atoms with Gasteiger partial charge in [0.1, 0.15) is 5.75 Å². The van der Waals surface area contributed by atoms with Gasteiger partial charge in [0.25, 0.3) is 0 Å². The SMILES string of the molecule is CCOC(=O)c1ccc(O)c([C@@H](N)CN)c1. The van der Waals surface area contributed by atoms with E-state index in [0.29, 0.717) is 17.7 Å². The minimum atomic E-state index is -0.491. The second-order valence-electron chi connectivity index (χ2n) is 3.34. The van der Waals surface area contributed by atoms with Crippen molar-refractivity contribution in [1.82, 2.24) is 0 Å². The average molecular weight is 224 g/mol. The topological polar surface area (TPSA) is 98.6 Å². The van der Waals surface area contributed by atoms with Gasteiger partial charge in [-0.15, -0.1) is 0 Å². The Morgan fingerprint density at radius 2 is 2.25 bits per heavy atom. The van der Waals surface area contributed by atoms with Crippen LogP contribution < -0.4 is 11.5 Å². The molecule has 16 heavy (non-hydrogen) atoms. The summed E-state index contributed by atoms with van der Waals surface area (Å²) in [5.74, 6) is -0.404. The monoisotopic (exact) mass is 224 g/mol. The number of carbonyl (C=O) groups excluding carboxylic acids is 1. The van der Waals surface area contributed by atoms with Crippen LogP contribution in [0.15, 0.2) is 18.2 Å². The summed E-state index contributed by atoms with van der Waals surface area (Å²) in [6.45, 7) is 2.22. The van der Waals surface area contributed by atoms with E-state index in [-0.39, 0.29) is 12.3 Å². The van der Waals surface area contributed by atoms with Gasteiger partial charge in [-0.25, -0.2) is 4.79 Å². The van der Waals surface area contributed by atoms with E-state index in [9.17, 15) is 9.90 Å². The van der Waals surface area contributed by atoms with Gasteiger partial charge in [0.2, 0.25) is 0 Å². The van der Waals surface area contributed by atoms with Crippen LogP contribution in [0.3, 0.4) is 0 Å². The minimum absolute atomic E-state index is 0.0333. The van der Waals surface area contributed by atoms with Crippen molar-refractivity contribution >= 4 is 5.97 Å². The summed E-state index contributed by atoms with van der Waals surface area (Å²) in [4.78, 5) is 11.4. The zero-order valence-electron chi connectivity index (χ0n) is 9.14. The first-order valence-electron chi connectivity index (χ1n) is 5.05. The molecule has 1 rings (SSSR count). The molecule has 0 unspecified atom stereocenters. The van der Waals surface area contributed by atoms with Crippen LogP contribution >= 0.6 is 0 Å². The van der Waals surface area contributed by atoms with Crippen LogP contribution in [0, 0.1) is 0 Å². The zero-order valence-corrected chi connectivity index (χ0v) is 9.14. The maximum Gasteiger partial charge on any atom is 0.338 e. The Morgan fingerprint density at radius 3 is 2.81 bits per heavy atom. The standard InChI is InChI=1S/C11H16N2O3/c1-2-16-11(15)7-3-4-10(14)8(5-7)9(13)6-12/h3-5,9,14H,2,6,12-13H2,1H3/t9-/m0/s1. The fraction of sp³-hybridized carbons (Fsp3) is 0.364. The van der Waals surface area contributed by atoms with Gasteiger partial charge < -0.3 is 21.3 Å². The molecule has 0 fully saturated rings. The molecule has 5 heteroatoms. The second kappa shape index (κ2) is 5.48. The van der Waals surface area contributed by atoms with E-state index >= 15 is 0 Å². The predicted molar refractivity (Wildman–Crippen MR) is 60.0 cm³/mol. The molecule has 0 heterocycles. The third-order valence-corrected chi connectivity index (χ3v) is 2.19. The normalized spacial score (nSPS) is 12.2. The first-order chi connectivity index (χ1) is 7.60. The van der Waals surface area contributed by atoms with Crippen LogP contribution in [0.1, 0.15) is 28.9 Å². The van der Waals surface area contributed by atoms with E-state index in [1.165, 1.54) is 18.2 Å². The van der Waals surface area contributed by atoms with Gasteiger partial charge in [0.05, 0.1) is 12.2 Å². The highest BCUT2D eigenvalue weighted by atomic mass is 16.5. The fourth-order valence-electron chi connectivity index (χ4n) is 1.32. The van der Waals surface area contributed by atoms with Gasteiger partial charge in [-0.3, -0.25) is 0 Å². The van der Waals surface area contributed by atoms with Gasteiger partial charge in [0.15, 0.2) is 0 Å². The molecule has 0 amide bonds. The maximum absolute atomic E-state index is 11.4. The summed E-state index contributed by atoms with van der Waals surface area (Å²) in [7, 11) is 0. The lowest BCUT2D eigenvalue weighted by atomic mass is 10.0. The number of hydrogen-bond acceptors (Lipinski definition) is 5. The molecule has 0 saturated heterocycles. The molecule has 0 aliphatic heterocycles. The van der Waals surface area contributed by atoms with E-state index < -0.39 is 12.0 Å². The highest BCUT2D eigenvalue weighted by molar-refractivity contribution is 5.89. The molecular weight excluding hydrogens is 208 g/mol. The molecule has 0 spiro atoms. The smallest absolute Gasteiger partial charge is 0.338 e. The number of phenols is 1. The third-order valence-electron chi connectivity index (χ3n) is 2.19. The van der Waals surface area contributed by atoms with Crippen molar-refractivity contribution in [3.8, 4) is 5.75 Å². The molecule has 0 bridgehead atoms.